The zero-order valence-corrected chi connectivity index (χ0v) is 7.68. The van der Waals surface area contributed by atoms with Crippen molar-refractivity contribution in [2.45, 2.75) is 13.8 Å². The van der Waals surface area contributed by atoms with Crippen molar-refractivity contribution >= 4 is 0 Å². The third-order valence-corrected chi connectivity index (χ3v) is 1.79. The first kappa shape index (κ1) is 9.07. The standard InChI is InChI=1S/C10H15NO/c1-4-10-9(3)5-8(2)6-12-7-11-10/h4-5,11H,1,6-7H2,2-3H3/b8-5-,10-9-. The van der Waals surface area contributed by atoms with Crippen LogP contribution >= 0.6 is 0 Å². The Bertz CT molecular complexity index is 238. The van der Waals surface area contributed by atoms with Crippen molar-refractivity contribution in [2.24, 2.45) is 0 Å². The van der Waals surface area contributed by atoms with Gasteiger partial charge in [0, 0.05) is 5.70 Å². The molecule has 1 N–H and O–H groups in total. The lowest BCUT2D eigenvalue weighted by molar-refractivity contribution is 0.143. The second-order valence-corrected chi connectivity index (χ2v) is 2.96. The van der Waals surface area contributed by atoms with E-state index in [4.69, 9.17) is 4.74 Å². The van der Waals surface area contributed by atoms with E-state index < -0.39 is 0 Å². The van der Waals surface area contributed by atoms with Crippen LogP contribution in [0.1, 0.15) is 13.8 Å². The minimum absolute atomic E-state index is 0.559. The quantitative estimate of drug-likeness (QED) is 0.641. The molecule has 0 unspecified atom stereocenters. The maximum Gasteiger partial charge on any atom is 0.116 e. The summed E-state index contributed by atoms with van der Waals surface area (Å²) in [5.41, 5.74) is 3.51. The summed E-state index contributed by atoms with van der Waals surface area (Å²) in [6.45, 7) is 9.12. The molecule has 1 heterocycles. The van der Waals surface area contributed by atoms with Gasteiger partial charge >= 0.3 is 0 Å². The van der Waals surface area contributed by atoms with E-state index in [1.54, 1.807) is 0 Å². The van der Waals surface area contributed by atoms with Gasteiger partial charge in [-0.25, -0.2) is 0 Å². The van der Waals surface area contributed by atoms with Crippen LogP contribution in [0.5, 0.6) is 0 Å². The number of hydrogen-bond acceptors (Lipinski definition) is 2. The first-order valence-electron chi connectivity index (χ1n) is 4.06. The van der Waals surface area contributed by atoms with Crippen LogP contribution in [0.3, 0.4) is 0 Å². The van der Waals surface area contributed by atoms with Gasteiger partial charge in [-0.15, -0.1) is 0 Å². The van der Waals surface area contributed by atoms with Gasteiger partial charge in [-0.05, 0) is 31.1 Å². The van der Waals surface area contributed by atoms with Crippen LogP contribution in [-0.2, 0) is 4.74 Å². The summed E-state index contributed by atoms with van der Waals surface area (Å²) in [6.07, 6.45) is 3.93. The zero-order valence-electron chi connectivity index (χ0n) is 7.68. The Labute approximate surface area is 73.6 Å². The van der Waals surface area contributed by atoms with Crippen LogP contribution in [0, 0.1) is 0 Å². The van der Waals surface area contributed by atoms with E-state index in [1.807, 2.05) is 6.08 Å². The summed E-state index contributed by atoms with van der Waals surface area (Å²) in [7, 11) is 0. The van der Waals surface area contributed by atoms with Gasteiger partial charge in [0.15, 0.2) is 0 Å². The number of ether oxygens (including phenoxy) is 1. The first-order chi connectivity index (χ1) is 5.74. The maximum absolute atomic E-state index is 5.31. The maximum atomic E-state index is 5.31. The number of rotatable bonds is 1. The third-order valence-electron chi connectivity index (χ3n) is 1.79. The van der Waals surface area contributed by atoms with Gasteiger partial charge in [0.05, 0.1) is 6.61 Å². The second kappa shape index (κ2) is 4.12. The van der Waals surface area contributed by atoms with Gasteiger partial charge < -0.3 is 10.1 Å². The highest BCUT2D eigenvalue weighted by Gasteiger charge is 2.00. The van der Waals surface area contributed by atoms with Crippen molar-refractivity contribution in [3.8, 4) is 0 Å². The Hall–Kier alpha value is -1.02. The van der Waals surface area contributed by atoms with Gasteiger partial charge in [0.1, 0.15) is 6.73 Å². The molecule has 0 aromatic heterocycles. The molecule has 0 spiro atoms. The summed E-state index contributed by atoms with van der Waals surface area (Å²) in [5, 5.41) is 3.14. The molecule has 2 heteroatoms. The summed E-state index contributed by atoms with van der Waals surface area (Å²) >= 11 is 0. The Kier molecular flexibility index (Phi) is 3.11. The van der Waals surface area contributed by atoms with E-state index in [-0.39, 0.29) is 0 Å². The van der Waals surface area contributed by atoms with Crippen LogP contribution in [-0.4, -0.2) is 13.3 Å². The third kappa shape index (κ3) is 2.24. The molecule has 12 heavy (non-hydrogen) atoms. The van der Waals surface area contributed by atoms with E-state index in [0.717, 1.165) is 5.70 Å². The summed E-state index contributed by atoms with van der Waals surface area (Å²) in [4.78, 5) is 0. The fraction of sp³-hybridized carbons (Fsp3) is 0.400. The molecule has 0 fully saturated rings. The molecule has 0 bridgehead atoms. The van der Waals surface area contributed by atoms with Gasteiger partial charge in [-0.2, -0.15) is 0 Å². The van der Waals surface area contributed by atoms with Gasteiger partial charge in [-0.1, -0.05) is 12.7 Å². The van der Waals surface area contributed by atoms with Crippen LogP contribution in [0.25, 0.3) is 0 Å². The Balaban J connectivity index is 2.90. The fourth-order valence-electron chi connectivity index (χ4n) is 1.20. The molecule has 1 aliphatic heterocycles. The molecule has 0 saturated heterocycles. The monoisotopic (exact) mass is 165 g/mol. The summed E-state index contributed by atoms with van der Waals surface area (Å²) in [5.74, 6) is 0. The molecule has 0 aromatic rings. The van der Waals surface area contributed by atoms with E-state index >= 15 is 0 Å². The van der Waals surface area contributed by atoms with E-state index in [1.165, 1.54) is 11.1 Å². The smallest absolute Gasteiger partial charge is 0.116 e. The number of nitrogens with one attached hydrogen (secondary N) is 1. The predicted octanol–water partition coefficient (Wildman–Crippen LogP) is 1.97. The van der Waals surface area contributed by atoms with Crippen molar-refractivity contribution < 1.29 is 4.74 Å². The zero-order chi connectivity index (χ0) is 8.97. The molecular weight excluding hydrogens is 150 g/mol. The molecule has 1 aliphatic rings. The van der Waals surface area contributed by atoms with E-state index in [0.29, 0.717) is 13.3 Å². The van der Waals surface area contributed by atoms with Crippen molar-refractivity contribution in [2.75, 3.05) is 13.3 Å². The van der Waals surface area contributed by atoms with Crippen molar-refractivity contribution in [3.63, 3.8) is 0 Å². The average molecular weight is 165 g/mol. The van der Waals surface area contributed by atoms with Crippen LogP contribution in [0.4, 0.5) is 0 Å². The minimum Gasteiger partial charge on any atom is -0.362 e. The van der Waals surface area contributed by atoms with Crippen LogP contribution in [0.15, 0.2) is 35.6 Å². The number of hydrogen-bond donors (Lipinski definition) is 1. The predicted molar refractivity (Wildman–Crippen MR) is 50.6 cm³/mol. The lowest BCUT2D eigenvalue weighted by atomic mass is 10.1. The van der Waals surface area contributed by atoms with Gasteiger partial charge in [-0.3, -0.25) is 0 Å². The highest BCUT2D eigenvalue weighted by molar-refractivity contribution is 5.31. The first-order valence-corrected chi connectivity index (χ1v) is 4.06. The van der Waals surface area contributed by atoms with Crippen molar-refractivity contribution in [1.82, 2.24) is 5.32 Å². The Morgan fingerprint density at radius 3 is 3.00 bits per heavy atom. The lowest BCUT2D eigenvalue weighted by Gasteiger charge is -2.14. The molecule has 0 amide bonds. The highest BCUT2D eigenvalue weighted by atomic mass is 16.5. The summed E-state index contributed by atoms with van der Waals surface area (Å²) in [6, 6.07) is 0. The molecule has 0 saturated carbocycles. The van der Waals surface area contributed by atoms with Gasteiger partial charge in [0.25, 0.3) is 0 Å². The normalized spacial score (nSPS) is 29.3. The van der Waals surface area contributed by atoms with Gasteiger partial charge in [0.2, 0.25) is 0 Å². The SMILES string of the molecule is C=C/C1=C(C)/C=C(/C)COCN1. The highest BCUT2D eigenvalue weighted by Crippen LogP contribution is 2.09. The molecule has 1 rings (SSSR count). The van der Waals surface area contributed by atoms with E-state index in [9.17, 15) is 0 Å². The fourth-order valence-corrected chi connectivity index (χ4v) is 1.20. The van der Waals surface area contributed by atoms with Crippen molar-refractivity contribution in [1.29, 1.82) is 0 Å². The Morgan fingerprint density at radius 1 is 1.58 bits per heavy atom. The molecule has 0 atom stereocenters. The molecule has 66 valence electrons. The molecule has 2 nitrogen and oxygen atoms in total. The van der Waals surface area contributed by atoms with Crippen LogP contribution in [0.2, 0.25) is 0 Å². The molecule has 0 radical (unpaired) electrons. The number of allylic oxidation sites excluding steroid dienone is 3. The Morgan fingerprint density at radius 2 is 2.33 bits per heavy atom. The van der Waals surface area contributed by atoms with E-state index in [2.05, 4.69) is 31.8 Å². The second-order valence-electron chi connectivity index (χ2n) is 2.96. The summed E-state index contributed by atoms with van der Waals surface area (Å²) < 4.78 is 5.31. The molecular formula is C10H15NO. The minimum atomic E-state index is 0.559. The van der Waals surface area contributed by atoms with Crippen molar-refractivity contribution in [3.05, 3.63) is 35.6 Å². The molecule has 0 aliphatic carbocycles. The topological polar surface area (TPSA) is 21.3 Å². The lowest BCUT2D eigenvalue weighted by Crippen LogP contribution is -2.19. The molecule has 0 aromatic carbocycles. The average Bonchev–Trinajstić information content (AvgIpc) is 2.01. The van der Waals surface area contributed by atoms with Crippen LogP contribution < -0.4 is 5.32 Å². The largest absolute Gasteiger partial charge is 0.362 e.